The van der Waals surface area contributed by atoms with Gasteiger partial charge in [0, 0.05) is 51.5 Å². The number of nitrogens with one attached hydrogen (secondary N) is 2. The topological polar surface area (TPSA) is 93.2 Å². The minimum absolute atomic E-state index is 0.197. The van der Waals surface area contributed by atoms with Crippen LogP contribution in [0.2, 0.25) is 0 Å². The lowest BCUT2D eigenvalue weighted by Gasteiger charge is -2.26. The molecule has 3 heterocycles. The molecule has 26 heavy (non-hydrogen) atoms. The lowest BCUT2D eigenvalue weighted by molar-refractivity contribution is 0.194. The zero-order valence-electron chi connectivity index (χ0n) is 16.0. The Bertz CT molecular complexity index is 715. The predicted molar refractivity (Wildman–Crippen MR) is 103 cm³/mol. The van der Waals surface area contributed by atoms with Crippen LogP contribution in [-0.2, 0) is 6.54 Å². The van der Waals surface area contributed by atoms with Gasteiger partial charge in [-0.1, -0.05) is 13.8 Å². The molecule has 1 aliphatic heterocycles. The number of aliphatic hydroxyl groups excluding tert-OH is 1. The molecule has 8 heteroatoms. The van der Waals surface area contributed by atoms with Crippen LogP contribution in [0.5, 0.6) is 0 Å². The third-order valence-electron chi connectivity index (χ3n) is 4.72. The predicted octanol–water partition coefficient (Wildman–Crippen LogP) is 1.12. The summed E-state index contributed by atoms with van der Waals surface area (Å²) in [5, 5.41) is 21.0. The Kier molecular flexibility index (Phi) is 5.73. The molecule has 0 saturated carbocycles. The average Bonchev–Trinajstić information content (AvgIpc) is 3.22. The highest BCUT2D eigenvalue weighted by molar-refractivity contribution is 5.51. The second-order valence-corrected chi connectivity index (χ2v) is 7.43. The van der Waals surface area contributed by atoms with Crippen LogP contribution in [0.3, 0.4) is 0 Å². The van der Waals surface area contributed by atoms with Gasteiger partial charge in [-0.25, -0.2) is 9.97 Å². The highest BCUT2D eigenvalue weighted by Crippen LogP contribution is 2.25. The molecule has 0 spiro atoms. The van der Waals surface area contributed by atoms with Crippen molar-refractivity contribution in [1.29, 1.82) is 0 Å². The molecule has 0 bridgehead atoms. The molecule has 1 aliphatic rings. The Morgan fingerprint density at radius 2 is 2.15 bits per heavy atom. The van der Waals surface area contributed by atoms with E-state index < -0.39 is 0 Å². The van der Waals surface area contributed by atoms with Crippen molar-refractivity contribution in [2.45, 2.75) is 44.9 Å². The van der Waals surface area contributed by atoms with Crippen molar-refractivity contribution >= 4 is 11.6 Å². The minimum atomic E-state index is -0.334. The van der Waals surface area contributed by atoms with Gasteiger partial charge in [-0.3, -0.25) is 5.10 Å². The summed E-state index contributed by atoms with van der Waals surface area (Å²) in [5.74, 6) is 2.14. The number of nitrogens with zero attached hydrogens (tertiary/aromatic N) is 5. The lowest BCUT2D eigenvalue weighted by atomic mass is 10.1. The second kappa shape index (κ2) is 8.01. The van der Waals surface area contributed by atoms with Crippen molar-refractivity contribution in [3.8, 4) is 0 Å². The number of aromatic amines is 1. The fourth-order valence-corrected chi connectivity index (χ4v) is 3.24. The summed E-state index contributed by atoms with van der Waals surface area (Å²) >= 11 is 0. The molecule has 0 radical (unpaired) electrons. The summed E-state index contributed by atoms with van der Waals surface area (Å²) in [5.41, 5.74) is 2.16. The van der Waals surface area contributed by atoms with E-state index in [1.54, 1.807) is 6.33 Å². The van der Waals surface area contributed by atoms with Gasteiger partial charge in [0.1, 0.15) is 18.0 Å². The molecular weight excluding hydrogens is 330 g/mol. The van der Waals surface area contributed by atoms with E-state index in [2.05, 4.69) is 50.3 Å². The molecule has 0 aliphatic carbocycles. The number of hydrogen-bond acceptors (Lipinski definition) is 7. The summed E-state index contributed by atoms with van der Waals surface area (Å²) in [4.78, 5) is 12.8. The summed E-state index contributed by atoms with van der Waals surface area (Å²) in [6, 6.07) is 4.27. The van der Waals surface area contributed by atoms with Crippen LogP contribution in [0.1, 0.15) is 37.6 Å². The zero-order chi connectivity index (χ0) is 18.7. The van der Waals surface area contributed by atoms with Crippen LogP contribution < -0.4 is 15.1 Å². The van der Waals surface area contributed by atoms with E-state index in [9.17, 15) is 5.11 Å². The van der Waals surface area contributed by atoms with Crippen molar-refractivity contribution in [3.63, 3.8) is 0 Å². The van der Waals surface area contributed by atoms with E-state index in [0.29, 0.717) is 12.5 Å². The van der Waals surface area contributed by atoms with Crippen molar-refractivity contribution in [2.75, 3.05) is 37.0 Å². The fraction of sp³-hybridized carbons (Fsp3) is 0.611. The van der Waals surface area contributed by atoms with Crippen molar-refractivity contribution in [1.82, 2.24) is 25.5 Å². The largest absolute Gasteiger partial charge is 0.391 e. The smallest absolute Gasteiger partial charge is 0.134 e. The lowest BCUT2D eigenvalue weighted by Crippen LogP contribution is -2.38. The normalized spacial score (nSPS) is 20.2. The van der Waals surface area contributed by atoms with Crippen LogP contribution in [0.25, 0.3) is 0 Å². The first kappa shape index (κ1) is 18.6. The molecule has 0 amide bonds. The Hall–Kier alpha value is -2.19. The maximum Gasteiger partial charge on any atom is 0.134 e. The van der Waals surface area contributed by atoms with Crippen molar-refractivity contribution < 1.29 is 5.11 Å². The first-order valence-corrected chi connectivity index (χ1v) is 9.13. The van der Waals surface area contributed by atoms with Gasteiger partial charge in [-0.2, -0.15) is 5.10 Å². The summed E-state index contributed by atoms with van der Waals surface area (Å²) in [7, 11) is 3.92. The summed E-state index contributed by atoms with van der Waals surface area (Å²) < 4.78 is 0. The number of aliphatic hydroxyl groups is 1. The zero-order valence-corrected chi connectivity index (χ0v) is 16.0. The van der Waals surface area contributed by atoms with Crippen LogP contribution >= 0.6 is 0 Å². The van der Waals surface area contributed by atoms with Crippen LogP contribution in [0, 0.1) is 0 Å². The minimum Gasteiger partial charge on any atom is -0.391 e. The molecular formula is C18H29N7O. The Morgan fingerprint density at radius 1 is 1.35 bits per heavy atom. The Balaban J connectivity index is 1.61. The number of anilines is 2. The van der Waals surface area contributed by atoms with Gasteiger partial charge < -0.3 is 20.2 Å². The van der Waals surface area contributed by atoms with E-state index in [4.69, 9.17) is 0 Å². The standard InChI is InChI=1S/C18H29N7O/c1-12(2)16-5-13(22-23-16)8-19-9-14-6-15(26)10-25(14)18-7-17(24(3)4)20-11-21-18/h5,7,11-12,14-15,19,26H,6,8-10H2,1-4H3,(H,22,23)/t14-,15-/m1/s1. The Labute approximate surface area is 154 Å². The average molecular weight is 359 g/mol. The van der Waals surface area contributed by atoms with Gasteiger partial charge >= 0.3 is 0 Å². The molecule has 8 nitrogen and oxygen atoms in total. The molecule has 2 aromatic rings. The van der Waals surface area contributed by atoms with E-state index in [-0.39, 0.29) is 12.1 Å². The van der Waals surface area contributed by atoms with E-state index in [1.807, 2.05) is 25.1 Å². The van der Waals surface area contributed by atoms with E-state index in [0.717, 1.165) is 42.5 Å². The van der Waals surface area contributed by atoms with Crippen LogP contribution in [-0.4, -0.2) is 64.6 Å². The molecule has 0 aromatic carbocycles. The molecule has 1 fully saturated rings. The number of hydrogen-bond donors (Lipinski definition) is 3. The SMILES string of the molecule is CC(C)c1cc(CNC[C@H]2C[C@@H](O)CN2c2cc(N(C)C)ncn2)[nH]n1. The second-order valence-electron chi connectivity index (χ2n) is 7.43. The monoisotopic (exact) mass is 359 g/mol. The van der Waals surface area contributed by atoms with Gasteiger partial charge in [0.2, 0.25) is 0 Å². The molecule has 2 atom stereocenters. The molecule has 3 rings (SSSR count). The highest BCUT2D eigenvalue weighted by atomic mass is 16.3. The highest BCUT2D eigenvalue weighted by Gasteiger charge is 2.31. The number of rotatable bonds is 7. The van der Waals surface area contributed by atoms with E-state index >= 15 is 0 Å². The maximum absolute atomic E-state index is 10.2. The summed E-state index contributed by atoms with van der Waals surface area (Å²) in [6.45, 7) is 6.36. The molecule has 142 valence electrons. The quantitative estimate of drug-likeness (QED) is 0.682. The van der Waals surface area contributed by atoms with Gasteiger partial charge in [0.15, 0.2) is 0 Å². The number of H-pyrrole nitrogens is 1. The van der Waals surface area contributed by atoms with Crippen molar-refractivity contribution in [3.05, 3.63) is 29.8 Å². The molecule has 3 N–H and O–H groups in total. The maximum atomic E-state index is 10.2. The van der Waals surface area contributed by atoms with Gasteiger partial charge in [-0.05, 0) is 18.4 Å². The Morgan fingerprint density at radius 3 is 2.85 bits per heavy atom. The van der Waals surface area contributed by atoms with Gasteiger partial charge in [-0.15, -0.1) is 0 Å². The number of β-amino-alcohol motifs (C(OH)–C–C–N with tert-alkyl or cyclic N) is 1. The van der Waals surface area contributed by atoms with Crippen LogP contribution in [0.15, 0.2) is 18.5 Å². The molecule has 0 unspecified atom stereocenters. The molecule has 2 aromatic heterocycles. The van der Waals surface area contributed by atoms with E-state index in [1.165, 1.54) is 0 Å². The third kappa shape index (κ3) is 4.31. The van der Waals surface area contributed by atoms with Crippen LogP contribution in [0.4, 0.5) is 11.6 Å². The van der Waals surface area contributed by atoms with Crippen molar-refractivity contribution in [2.24, 2.45) is 0 Å². The fourth-order valence-electron chi connectivity index (χ4n) is 3.24. The first-order chi connectivity index (χ1) is 12.4. The molecule has 1 saturated heterocycles. The summed E-state index contributed by atoms with van der Waals surface area (Å²) in [6.07, 6.45) is 1.98. The number of aromatic nitrogens is 4. The third-order valence-corrected chi connectivity index (χ3v) is 4.72. The first-order valence-electron chi connectivity index (χ1n) is 9.13. The van der Waals surface area contributed by atoms with Gasteiger partial charge in [0.25, 0.3) is 0 Å². The van der Waals surface area contributed by atoms with Gasteiger partial charge in [0.05, 0.1) is 11.8 Å².